The summed E-state index contributed by atoms with van der Waals surface area (Å²) in [4.78, 5) is 7.26. The molecule has 0 radical (unpaired) electrons. The van der Waals surface area contributed by atoms with Crippen molar-refractivity contribution in [1.82, 2.24) is 10.3 Å². The van der Waals surface area contributed by atoms with Crippen LogP contribution in [0, 0.1) is 0 Å². The highest BCUT2D eigenvalue weighted by Gasteiger charge is 2.16. The van der Waals surface area contributed by atoms with Gasteiger partial charge in [-0.1, -0.05) is 36.9 Å². The molecule has 4 rings (SSSR count). The van der Waals surface area contributed by atoms with Gasteiger partial charge in [0.15, 0.2) is 0 Å². The van der Waals surface area contributed by atoms with Crippen molar-refractivity contribution in [1.29, 1.82) is 0 Å². The Hall–Kier alpha value is -1.53. The standard InChI is InChI=1S/C18H17N3S2.ClH/c1-2-19-10-18-21-15(11-22-18)12-7-8-17-14(9-12)20-13-5-3-4-6-16(13)23-17;/h3-9,11,19-20H,2,10H2,1H3;1H. The molecule has 2 heterocycles. The van der Waals surface area contributed by atoms with Gasteiger partial charge in [-0.25, -0.2) is 4.98 Å². The van der Waals surface area contributed by atoms with Crippen LogP contribution >= 0.6 is 35.5 Å². The number of fused-ring (bicyclic) bond motifs is 2. The van der Waals surface area contributed by atoms with Gasteiger partial charge in [-0.3, -0.25) is 0 Å². The zero-order valence-corrected chi connectivity index (χ0v) is 15.7. The third kappa shape index (κ3) is 3.44. The number of aromatic nitrogens is 1. The molecule has 2 aromatic carbocycles. The summed E-state index contributed by atoms with van der Waals surface area (Å²) in [5.74, 6) is 0. The van der Waals surface area contributed by atoms with Crippen LogP contribution in [0.4, 0.5) is 11.4 Å². The maximum absolute atomic E-state index is 4.73. The van der Waals surface area contributed by atoms with E-state index in [1.54, 1.807) is 11.3 Å². The first-order valence-electron chi connectivity index (χ1n) is 7.67. The summed E-state index contributed by atoms with van der Waals surface area (Å²) in [6.07, 6.45) is 0. The molecular formula is C18H18ClN3S2. The molecule has 0 unspecified atom stereocenters. The highest BCUT2D eigenvalue weighted by molar-refractivity contribution is 7.99. The molecule has 24 heavy (non-hydrogen) atoms. The Labute approximate surface area is 156 Å². The van der Waals surface area contributed by atoms with Gasteiger partial charge < -0.3 is 10.6 Å². The van der Waals surface area contributed by atoms with Crippen molar-refractivity contribution in [3.8, 4) is 11.3 Å². The Balaban J connectivity index is 0.00000169. The average molecular weight is 376 g/mol. The van der Waals surface area contributed by atoms with Crippen molar-refractivity contribution in [3.63, 3.8) is 0 Å². The third-order valence-corrected chi connectivity index (χ3v) is 5.73. The van der Waals surface area contributed by atoms with Gasteiger partial charge in [0, 0.05) is 27.3 Å². The van der Waals surface area contributed by atoms with Gasteiger partial charge in [0.25, 0.3) is 0 Å². The molecule has 3 aromatic rings. The van der Waals surface area contributed by atoms with E-state index in [0.717, 1.165) is 35.0 Å². The molecule has 0 bridgehead atoms. The van der Waals surface area contributed by atoms with Crippen LogP contribution in [0.2, 0.25) is 0 Å². The van der Waals surface area contributed by atoms with Crippen LogP contribution in [0.1, 0.15) is 11.9 Å². The van der Waals surface area contributed by atoms with E-state index in [1.807, 2.05) is 11.8 Å². The molecule has 0 amide bonds. The maximum atomic E-state index is 4.73. The molecule has 0 aliphatic carbocycles. The van der Waals surface area contributed by atoms with E-state index in [0.29, 0.717) is 0 Å². The summed E-state index contributed by atoms with van der Waals surface area (Å²) in [6, 6.07) is 15.0. The first kappa shape index (κ1) is 17.3. The largest absolute Gasteiger partial charge is 0.354 e. The lowest BCUT2D eigenvalue weighted by molar-refractivity contribution is 0.723. The van der Waals surface area contributed by atoms with E-state index >= 15 is 0 Å². The van der Waals surface area contributed by atoms with Crippen molar-refractivity contribution in [2.75, 3.05) is 11.9 Å². The van der Waals surface area contributed by atoms with E-state index in [1.165, 1.54) is 15.5 Å². The van der Waals surface area contributed by atoms with Crippen LogP contribution < -0.4 is 10.6 Å². The molecule has 1 aromatic heterocycles. The number of benzene rings is 2. The number of nitrogens with zero attached hydrogens (tertiary/aromatic N) is 1. The zero-order chi connectivity index (χ0) is 15.6. The summed E-state index contributed by atoms with van der Waals surface area (Å²) in [6.45, 7) is 3.92. The molecule has 0 fully saturated rings. The van der Waals surface area contributed by atoms with Gasteiger partial charge in [0.2, 0.25) is 0 Å². The van der Waals surface area contributed by atoms with E-state index < -0.39 is 0 Å². The van der Waals surface area contributed by atoms with Gasteiger partial charge in [-0.05, 0) is 30.8 Å². The van der Waals surface area contributed by atoms with E-state index in [2.05, 4.69) is 65.4 Å². The van der Waals surface area contributed by atoms with Crippen LogP contribution in [0.3, 0.4) is 0 Å². The second-order valence-corrected chi connectivity index (χ2v) is 7.37. The van der Waals surface area contributed by atoms with Crippen LogP contribution in [0.15, 0.2) is 57.6 Å². The quantitative estimate of drug-likeness (QED) is 0.490. The predicted molar refractivity (Wildman–Crippen MR) is 106 cm³/mol. The number of para-hydroxylation sites is 1. The van der Waals surface area contributed by atoms with E-state index in [-0.39, 0.29) is 12.4 Å². The summed E-state index contributed by atoms with van der Waals surface area (Å²) < 4.78 is 0. The van der Waals surface area contributed by atoms with Crippen LogP contribution in [-0.4, -0.2) is 11.5 Å². The van der Waals surface area contributed by atoms with Crippen LogP contribution in [0.25, 0.3) is 11.3 Å². The molecule has 0 saturated carbocycles. The fraction of sp³-hybridized carbons (Fsp3) is 0.167. The Bertz CT molecular complexity index is 848. The first-order valence-corrected chi connectivity index (χ1v) is 9.36. The second-order valence-electron chi connectivity index (χ2n) is 5.34. The summed E-state index contributed by atoms with van der Waals surface area (Å²) >= 11 is 3.52. The molecule has 0 atom stereocenters. The summed E-state index contributed by atoms with van der Waals surface area (Å²) in [5, 5.41) is 10.1. The fourth-order valence-corrected chi connectivity index (χ4v) is 4.30. The molecule has 6 heteroatoms. The second kappa shape index (κ2) is 7.57. The molecule has 0 saturated heterocycles. The molecule has 0 spiro atoms. The minimum atomic E-state index is 0. The number of hydrogen-bond donors (Lipinski definition) is 2. The Kier molecular flexibility index (Phi) is 5.46. The summed E-state index contributed by atoms with van der Waals surface area (Å²) in [5.41, 5.74) is 4.55. The van der Waals surface area contributed by atoms with Crippen molar-refractivity contribution in [2.45, 2.75) is 23.3 Å². The van der Waals surface area contributed by atoms with Gasteiger partial charge in [-0.15, -0.1) is 23.7 Å². The number of thiazole rings is 1. The molecule has 3 nitrogen and oxygen atoms in total. The SMILES string of the molecule is CCNCc1nc(-c2ccc3c(c2)Nc2ccccc2S3)cs1.Cl. The van der Waals surface area contributed by atoms with Crippen molar-refractivity contribution in [2.24, 2.45) is 0 Å². The molecule has 1 aliphatic heterocycles. The average Bonchev–Trinajstić information content (AvgIpc) is 3.06. The first-order chi connectivity index (χ1) is 11.3. The van der Waals surface area contributed by atoms with Crippen molar-refractivity contribution >= 4 is 46.9 Å². The molecule has 2 N–H and O–H groups in total. The van der Waals surface area contributed by atoms with Crippen molar-refractivity contribution in [3.05, 3.63) is 52.9 Å². The van der Waals surface area contributed by atoms with Gasteiger partial charge >= 0.3 is 0 Å². The molecule has 1 aliphatic rings. The highest BCUT2D eigenvalue weighted by Crippen LogP contribution is 2.45. The van der Waals surface area contributed by atoms with Gasteiger partial charge in [0.1, 0.15) is 5.01 Å². The van der Waals surface area contributed by atoms with Crippen LogP contribution in [0.5, 0.6) is 0 Å². The number of nitrogens with one attached hydrogen (secondary N) is 2. The monoisotopic (exact) mass is 375 g/mol. The number of hydrogen-bond acceptors (Lipinski definition) is 5. The Morgan fingerprint density at radius 2 is 1.92 bits per heavy atom. The number of anilines is 2. The normalized spacial score (nSPS) is 11.9. The Morgan fingerprint density at radius 3 is 2.79 bits per heavy atom. The zero-order valence-electron chi connectivity index (χ0n) is 13.2. The number of halogens is 1. The fourth-order valence-electron chi connectivity index (χ4n) is 2.56. The highest BCUT2D eigenvalue weighted by atomic mass is 35.5. The molecule has 124 valence electrons. The van der Waals surface area contributed by atoms with Gasteiger partial charge in [-0.2, -0.15) is 0 Å². The van der Waals surface area contributed by atoms with Crippen LogP contribution in [-0.2, 0) is 6.54 Å². The summed E-state index contributed by atoms with van der Waals surface area (Å²) in [7, 11) is 0. The van der Waals surface area contributed by atoms with Gasteiger partial charge in [0.05, 0.1) is 17.1 Å². The van der Waals surface area contributed by atoms with Crippen molar-refractivity contribution < 1.29 is 0 Å². The smallest absolute Gasteiger partial charge is 0.107 e. The lowest BCUT2D eigenvalue weighted by atomic mass is 10.1. The maximum Gasteiger partial charge on any atom is 0.107 e. The number of rotatable bonds is 4. The minimum Gasteiger partial charge on any atom is -0.354 e. The Morgan fingerprint density at radius 1 is 1.08 bits per heavy atom. The topological polar surface area (TPSA) is 37.0 Å². The van der Waals surface area contributed by atoms with E-state index in [4.69, 9.17) is 4.98 Å². The van der Waals surface area contributed by atoms with E-state index in [9.17, 15) is 0 Å². The molecular weight excluding hydrogens is 358 g/mol. The predicted octanol–water partition coefficient (Wildman–Crippen LogP) is 5.55. The minimum absolute atomic E-state index is 0. The lowest BCUT2D eigenvalue weighted by Gasteiger charge is -2.21. The third-order valence-electron chi connectivity index (χ3n) is 3.73. The lowest BCUT2D eigenvalue weighted by Crippen LogP contribution is -2.11.